The zero-order valence-electron chi connectivity index (χ0n) is 17.0. The zero-order valence-corrected chi connectivity index (χ0v) is 17.8. The Bertz CT molecular complexity index is 1540. The standard InChI is InChI=1S/C24H17N3O4S/c1-17-9-8-14-27-22(17)26-23(31-18-10-4-2-5-11-18)21(24(27)28)15-20(16-25)32(29,30)19-12-6-3-7-13-19/h2-15H,1H3. The second kappa shape index (κ2) is 8.49. The van der Waals surface area contributed by atoms with Gasteiger partial charge in [-0.25, -0.2) is 8.42 Å². The van der Waals surface area contributed by atoms with E-state index in [4.69, 9.17) is 4.74 Å². The fourth-order valence-electron chi connectivity index (χ4n) is 3.12. The number of rotatable bonds is 5. The molecule has 0 saturated carbocycles. The van der Waals surface area contributed by atoms with Gasteiger partial charge in [-0.3, -0.25) is 9.20 Å². The number of ether oxygens (including phenoxy) is 1. The van der Waals surface area contributed by atoms with Crippen LogP contribution in [0.4, 0.5) is 0 Å². The van der Waals surface area contributed by atoms with Crippen LogP contribution >= 0.6 is 0 Å². The summed E-state index contributed by atoms with van der Waals surface area (Å²) in [5.74, 6) is 0.322. The van der Waals surface area contributed by atoms with Gasteiger partial charge in [-0.15, -0.1) is 0 Å². The van der Waals surface area contributed by atoms with Crippen LogP contribution in [-0.4, -0.2) is 17.8 Å². The molecule has 7 nitrogen and oxygen atoms in total. The molecule has 0 radical (unpaired) electrons. The number of hydrogen-bond donors (Lipinski definition) is 0. The van der Waals surface area contributed by atoms with Crippen molar-refractivity contribution in [1.82, 2.24) is 9.38 Å². The van der Waals surface area contributed by atoms with Crippen molar-refractivity contribution < 1.29 is 13.2 Å². The van der Waals surface area contributed by atoms with Crippen LogP contribution in [0, 0.1) is 18.3 Å². The number of fused-ring (bicyclic) bond motifs is 1. The van der Waals surface area contributed by atoms with E-state index in [1.54, 1.807) is 73.7 Å². The predicted molar refractivity (Wildman–Crippen MR) is 120 cm³/mol. The first-order valence-corrected chi connectivity index (χ1v) is 11.1. The molecule has 0 N–H and O–H groups in total. The van der Waals surface area contributed by atoms with Crippen LogP contribution in [-0.2, 0) is 9.84 Å². The third kappa shape index (κ3) is 3.89. The predicted octanol–water partition coefficient (Wildman–Crippen LogP) is 4.13. The van der Waals surface area contributed by atoms with Crippen LogP contribution in [0.15, 0.2) is 93.6 Å². The second-order valence-corrected chi connectivity index (χ2v) is 8.79. The van der Waals surface area contributed by atoms with E-state index in [0.29, 0.717) is 11.4 Å². The van der Waals surface area contributed by atoms with E-state index in [2.05, 4.69) is 4.98 Å². The summed E-state index contributed by atoms with van der Waals surface area (Å²) in [6.07, 6.45) is 2.55. The molecule has 2 heterocycles. The molecule has 158 valence electrons. The molecule has 0 bridgehead atoms. The normalized spacial score (nSPS) is 11.8. The van der Waals surface area contributed by atoms with E-state index < -0.39 is 20.3 Å². The van der Waals surface area contributed by atoms with E-state index >= 15 is 0 Å². The highest BCUT2D eigenvalue weighted by atomic mass is 32.2. The highest BCUT2D eigenvalue weighted by molar-refractivity contribution is 7.95. The van der Waals surface area contributed by atoms with Gasteiger partial charge in [0.05, 0.1) is 4.90 Å². The van der Waals surface area contributed by atoms with Crippen molar-refractivity contribution in [3.8, 4) is 17.7 Å². The van der Waals surface area contributed by atoms with Crippen LogP contribution in [0.3, 0.4) is 0 Å². The number of para-hydroxylation sites is 1. The average molecular weight is 443 g/mol. The van der Waals surface area contributed by atoms with Crippen molar-refractivity contribution in [2.75, 3.05) is 0 Å². The number of pyridine rings is 1. The third-order valence-corrected chi connectivity index (χ3v) is 6.42. The third-order valence-electron chi connectivity index (χ3n) is 4.74. The fourth-order valence-corrected chi connectivity index (χ4v) is 4.28. The largest absolute Gasteiger partial charge is 0.438 e. The quantitative estimate of drug-likeness (QED) is 0.430. The SMILES string of the molecule is Cc1cccn2c(=O)c(C=C(C#N)S(=O)(=O)c3ccccc3)c(Oc3ccccc3)nc12. The minimum absolute atomic E-state index is 0.0528. The molecule has 0 aliphatic carbocycles. The summed E-state index contributed by atoms with van der Waals surface area (Å²) in [4.78, 5) is 17.1. The Morgan fingerprint density at radius 1 is 1.03 bits per heavy atom. The maximum atomic E-state index is 13.3. The number of allylic oxidation sites excluding steroid dienone is 1. The average Bonchev–Trinajstić information content (AvgIpc) is 2.81. The molecule has 4 aromatic rings. The Morgan fingerprint density at radius 2 is 1.69 bits per heavy atom. The van der Waals surface area contributed by atoms with Crippen molar-refractivity contribution in [3.05, 3.63) is 105 Å². The van der Waals surface area contributed by atoms with E-state index in [9.17, 15) is 18.5 Å². The molecule has 8 heteroatoms. The molecule has 0 amide bonds. The minimum Gasteiger partial charge on any atom is -0.438 e. The Hall–Kier alpha value is -4.22. The van der Waals surface area contributed by atoms with Crippen LogP contribution in [0.5, 0.6) is 11.6 Å². The van der Waals surface area contributed by atoms with Gasteiger partial charge in [-0.2, -0.15) is 10.2 Å². The van der Waals surface area contributed by atoms with E-state index in [0.717, 1.165) is 11.6 Å². The lowest BCUT2D eigenvalue weighted by Gasteiger charge is -2.11. The molecule has 4 rings (SSSR count). The lowest BCUT2D eigenvalue weighted by atomic mass is 10.2. The highest BCUT2D eigenvalue weighted by Gasteiger charge is 2.23. The van der Waals surface area contributed by atoms with E-state index in [1.165, 1.54) is 22.7 Å². The molecular weight excluding hydrogens is 426 g/mol. The van der Waals surface area contributed by atoms with Crippen molar-refractivity contribution in [1.29, 1.82) is 5.26 Å². The van der Waals surface area contributed by atoms with Gasteiger partial charge in [0.1, 0.15) is 27.9 Å². The zero-order chi connectivity index (χ0) is 22.7. The maximum absolute atomic E-state index is 13.3. The van der Waals surface area contributed by atoms with Crippen molar-refractivity contribution in [2.45, 2.75) is 11.8 Å². The number of benzene rings is 2. The number of aromatic nitrogens is 2. The molecule has 0 spiro atoms. The smallest absolute Gasteiger partial charge is 0.269 e. The van der Waals surface area contributed by atoms with Gasteiger partial charge < -0.3 is 4.74 Å². The van der Waals surface area contributed by atoms with E-state index in [1.807, 2.05) is 0 Å². The highest BCUT2D eigenvalue weighted by Crippen LogP contribution is 2.27. The molecular formula is C24H17N3O4S. The summed E-state index contributed by atoms with van der Waals surface area (Å²) in [6.45, 7) is 1.80. The first-order chi connectivity index (χ1) is 15.4. The first kappa shape index (κ1) is 21.0. The molecule has 32 heavy (non-hydrogen) atoms. The molecule has 0 saturated heterocycles. The Morgan fingerprint density at radius 3 is 2.34 bits per heavy atom. The number of nitriles is 1. The summed E-state index contributed by atoms with van der Waals surface area (Å²) in [5.41, 5.74) is 0.397. The van der Waals surface area contributed by atoms with Gasteiger partial charge >= 0.3 is 0 Å². The second-order valence-electron chi connectivity index (χ2n) is 6.87. The Labute approximate surface area is 184 Å². The van der Waals surface area contributed by atoms with Gasteiger partial charge in [0, 0.05) is 6.20 Å². The number of aryl methyl sites for hydroxylation is 1. The van der Waals surface area contributed by atoms with Gasteiger partial charge in [-0.1, -0.05) is 42.5 Å². The molecule has 0 aliphatic heterocycles. The summed E-state index contributed by atoms with van der Waals surface area (Å²) < 4.78 is 33.1. The number of nitrogens with zero attached hydrogens (tertiary/aromatic N) is 3. The van der Waals surface area contributed by atoms with Crippen LogP contribution in [0.25, 0.3) is 11.7 Å². The van der Waals surface area contributed by atoms with Gasteiger partial charge in [0.2, 0.25) is 15.7 Å². The van der Waals surface area contributed by atoms with Crippen molar-refractivity contribution in [2.24, 2.45) is 0 Å². The summed E-state index contributed by atoms with van der Waals surface area (Å²) in [5, 5.41) is 9.65. The van der Waals surface area contributed by atoms with Crippen molar-refractivity contribution >= 4 is 21.6 Å². The number of sulfone groups is 1. The van der Waals surface area contributed by atoms with Gasteiger partial charge in [-0.05, 0) is 48.9 Å². The Kier molecular flexibility index (Phi) is 5.58. The van der Waals surface area contributed by atoms with Gasteiger partial charge in [0.25, 0.3) is 5.56 Å². The molecule has 2 aromatic heterocycles. The molecule has 0 fully saturated rings. The first-order valence-electron chi connectivity index (χ1n) is 9.58. The summed E-state index contributed by atoms with van der Waals surface area (Å²) in [6, 6.07) is 21.4. The molecule has 0 unspecified atom stereocenters. The number of hydrogen-bond acceptors (Lipinski definition) is 6. The molecule has 2 aromatic carbocycles. The maximum Gasteiger partial charge on any atom is 0.269 e. The van der Waals surface area contributed by atoms with E-state index in [-0.39, 0.29) is 16.3 Å². The van der Waals surface area contributed by atoms with Crippen molar-refractivity contribution in [3.63, 3.8) is 0 Å². The lowest BCUT2D eigenvalue weighted by Crippen LogP contribution is -2.20. The van der Waals surface area contributed by atoms with Crippen LogP contribution in [0.1, 0.15) is 11.1 Å². The molecule has 0 aliphatic rings. The lowest BCUT2D eigenvalue weighted by molar-refractivity contribution is 0.461. The molecule has 0 atom stereocenters. The van der Waals surface area contributed by atoms with Crippen LogP contribution in [0.2, 0.25) is 0 Å². The fraction of sp³-hybridized carbons (Fsp3) is 0.0417. The topological polar surface area (TPSA) is 102 Å². The minimum atomic E-state index is -4.15. The summed E-state index contributed by atoms with van der Waals surface area (Å²) in [7, 11) is -4.15. The van der Waals surface area contributed by atoms with Crippen LogP contribution < -0.4 is 10.3 Å². The summed E-state index contributed by atoms with van der Waals surface area (Å²) >= 11 is 0. The Balaban J connectivity index is 1.98. The monoisotopic (exact) mass is 443 g/mol. The van der Waals surface area contributed by atoms with Gasteiger partial charge in [0.15, 0.2) is 0 Å².